The van der Waals surface area contributed by atoms with E-state index in [-0.39, 0.29) is 5.56 Å². The van der Waals surface area contributed by atoms with Crippen molar-refractivity contribution in [3.63, 3.8) is 0 Å². The van der Waals surface area contributed by atoms with E-state index in [1.54, 1.807) is 24.1 Å². The van der Waals surface area contributed by atoms with Gasteiger partial charge in [0, 0.05) is 15.4 Å². The Morgan fingerprint density at radius 2 is 1.81 bits per heavy atom. The maximum atomic E-state index is 12.0. The van der Waals surface area contributed by atoms with Crippen LogP contribution in [-0.2, 0) is 4.74 Å². The van der Waals surface area contributed by atoms with E-state index in [9.17, 15) is 9.59 Å². The molecule has 0 bridgehead atoms. The quantitative estimate of drug-likeness (QED) is 0.634. The molecule has 0 radical (unpaired) electrons. The molecule has 110 valence electrons. The molecule has 0 saturated carbocycles. The van der Waals surface area contributed by atoms with Gasteiger partial charge in [0.25, 0.3) is 0 Å². The SMILES string of the molecule is COC(=O)c1c(SC)cc(-c2ccc(SC)cc2)oc1=O. The van der Waals surface area contributed by atoms with Crippen LogP contribution in [-0.4, -0.2) is 25.6 Å². The van der Waals surface area contributed by atoms with Gasteiger partial charge in [0.05, 0.1) is 7.11 Å². The molecule has 1 aromatic carbocycles. The van der Waals surface area contributed by atoms with Crippen LogP contribution >= 0.6 is 23.5 Å². The van der Waals surface area contributed by atoms with Crippen molar-refractivity contribution < 1.29 is 13.9 Å². The van der Waals surface area contributed by atoms with Gasteiger partial charge in [-0.1, -0.05) is 12.1 Å². The van der Waals surface area contributed by atoms with Crippen molar-refractivity contribution in [2.24, 2.45) is 0 Å². The molecule has 1 aromatic heterocycles. The Morgan fingerprint density at radius 1 is 1.14 bits per heavy atom. The standard InChI is InChI=1S/C15H14O4S2/c1-18-14(16)13-12(21-3)8-11(19-15(13)17)9-4-6-10(20-2)7-5-9/h4-8H,1-3H3. The lowest BCUT2D eigenvalue weighted by Gasteiger charge is -2.07. The first-order chi connectivity index (χ1) is 10.1. The minimum Gasteiger partial charge on any atom is -0.465 e. The fourth-order valence-electron chi connectivity index (χ4n) is 1.82. The van der Waals surface area contributed by atoms with Gasteiger partial charge in [-0.15, -0.1) is 23.5 Å². The third-order valence-electron chi connectivity index (χ3n) is 2.90. The van der Waals surface area contributed by atoms with Crippen molar-refractivity contribution in [2.45, 2.75) is 9.79 Å². The van der Waals surface area contributed by atoms with Crippen LogP contribution < -0.4 is 5.63 Å². The van der Waals surface area contributed by atoms with Gasteiger partial charge < -0.3 is 9.15 Å². The molecule has 0 atom stereocenters. The van der Waals surface area contributed by atoms with Gasteiger partial charge in [0.2, 0.25) is 0 Å². The van der Waals surface area contributed by atoms with Gasteiger partial charge in [-0.05, 0) is 30.7 Å². The summed E-state index contributed by atoms with van der Waals surface area (Å²) in [6.07, 6.45) is 3.79. The lowest BCUT2D eigenvalue weighted by molar-refractivity contribution is 0.0591. The number of carbonyl (C=O) groups excluding carboxylic acids is 1. The first-order valence-corrected chi connectivity index (χ1v) is 8.50. The number of benzene rings is 1. The molecule has 0 amide bonds. The third kappa shape index (κ3) is 3.33. The fourth-order valence-corrected chi connectivity index (χ4v) is 2.82. The van der Waals surface area contributed by atoms with E-state index in [2.05, 4.69) is 4.74 Å². The lowest BCUT2D eigenvalue weighted by atomic mass is 10.1. The summed E-state index contributed by atoms with van der Waals surface area (Å²) in [5.74, 6) is -0.248. The molecule has 2 rings (SSSR count). The van der Waals surface area contributed by atoms with Crippen LogP contribution in [0.3, 0.4) is 0 Å². The lowest BCUT2D eigenvalue weighted by Crippen LogP contribution is -2.17. The van der Waals surface area contributed by atoms with E-state index in [1.165, 1.54) is 18.9 Å². The Balaban J connectivity index is 2.53. The molecule has 0 unspecified atom stereocenters. The van der Waals surface area contributed by atoms with E-state index in [0.717, 1.165) is 10.5 Å². The van der Waals surface area contributed by atoms with E-state index in [1.807, 2.05) is 30.5 Å². The number of rotatable bonds is 4. The summed E-state index contributed by atoms with van der Waals surface area (Å²) in [6.45, 7) is 0. The zero-order valence-electron chi connectivity index (χ0n) is 11.8. The molecule has 6 heteroatoms. The molecule has 0 N–H and O–H groups in total. The van der Waals surface area contributed by atoms with Crippen LogP contribution in [0.2, 0.25) is 0 Å². The number of hydrogen-bond acceptors (Lipinski definition) is 6. The number of hydrogen-bond donors (Lipinski definition) is 0. The number of ether oxygens (including phenoxy) is 1. The van der Waals surface area contributed by atoms with Gasteiger partial charge in [-0.25, -0.2) is 9.59 Å². The van der Waals surface area contributed by atoms with Crippen molar-refractivity contribution in [2.75, 3.05) is 19.6 Å². The van der Waals surface area contributed by atoms with Crippen LogP contribution in [0.4, 0.5) is 0 Å². The third-order valence-corrected chi connectivity index (χ3v) is 4.40. The highest BCUT2D eigenvalue weighted by Gasteiger charge is 2.19. The minimum atomic E-state index is -0.683. The molecule has 0 spiro atoms. The van der Waals surface area contributed by atoms with Crippen LogP contribution in [0.1, 0.15) is 10.4 Å². The highest BCUT2D eigenvalue weighted by Crippen LogP contribution is 2.27. The number of methoxy groups -OCH3 is 1. The minimum absolute atomic E-state index is 0.0607. The molecular formula is C15H14O4S2. The van der Waals surface area contributed by atoms with E-state index >= 15 is 0 Å². The topological polar surface area (TPSA) is 56.5 Å². The van der Waals surface area contributed by atoms with Crippen LogP contribution in [0.25, 0.3) is 11.3 Å². The first-order valence-electron chi connectivity index (χ1n) is 6.05. The second kappa shape index (κ2) is 6.87. The zero-order valence-corrected chi connectivity index (χ0v) is 13.5. The van der Waals surface area contributed by atoms with Gasteiger partial charge in [0.15, 0.2) is 5.56 Å². The summed E-state index contributed by atoms with van der Waals surface area (Å²) in [4.78, 5) is 25.3. The van der Waals surface area contributed by atoms with Crippen molar-refractivity contribution in [1.29, 1.82) is 0 Å². The van der Waals surface area contributed by atoms with Gasteiger partial charge in [-0.2, -0.15) is 0 Å². The Hall–Kier alpha value is -1.66. The normalized spacial score (nSPS) is 10.4. The monoisotopic (exact) mass is 322 g/mol. The van der Waals surface area contributed by atoms with Gasteiger partial charge in [0.1, 0.15) is 5.76 Å². The number of esters is 1. The summed E-state index contributed by atoms with van der Waals surface area (Å²) < 4.78 is 9.88. The Morgan fingerprint density at radius 3 is 2.33 bits per heavy atom. The zero-order chi connectivity index (χ0) is 15.4. The fraction of sp³-hybridized carbons (Fsp3) is 0.200. The summed E-state index contributed by atoms with van der Waals surface area (Å²) in [5.41, 5.74) is 0.0451. The Labute approximate surface area is 130 Å². The van der Waals surface area contributed by atoms with E-state index in [4.69, 9.17) is 4.42 Å². The average Bonchev–Trinajstić information content (AvgIpc) is 2.53. The van der Waals surface area contributed by atoms with Crippen molar-refractivity contribution in [1.82, 2.24) is 0 Å². The highest BCUT2D eigenvalue weighted by molar-refractivity contribution is 7.98. The number of thioether (sulfide) groups is 2. The predicted octanol–water partition coefficient (Wildman–Crippen LogP) is 3.54. The average molecular weight is 322 g/mol. The van der Waals surface area contributed by atoms with Crippen molar-refractivity contribution in [3.8, 4) is 11.3 Å². The summed E-state index contributed by atoms with van der Waals surface area (Å²) >= 11 is 2.94. The first kappa shape index (κ1) is 15.7. The summed E-state index contributed by atoms with van der Waals surface area (Å²) in [7, 11) is 1.24. The van der Waals surface area contributed by atoms with Gasteiger partial charge in [-0.3, -0.25) is 0 Å². The Kier molecular flexibility index (Phi) is 5.14. The van der Waals surface area contributed by atoms with E-state index in [0.29, 0.717) is 10.7 Å². The predicted molar refractivity (Wildman–Crippen MR) is 85.3 cm³/mol. The van der Waals surface area contributed by atoms with Crippen LogP contribution in [0.5, 0.6) is 0 Å². The molecule has 0 aliphatic heterocycles. The molecule has 0 saturated heterocycles. The van der Waals surface area contributed by atoms with E-state index < -0.39 is 11.6 Å². The molecule has 4 nitrogen and oxygen atoms in total. The molecular weight excluding hydrogens is 308 g/mol. The van der Waals surface area contributed by atoms with Crippen molar-refractivity contribution >= 4 is 29.5 Å². The molecule has 0 aliphatic carbocycles. The Bertz CT molecular complexity index is 705. The van der Waals surface area contributed by atoms with Crippen LogP contribution in [0, 0.1) is 0 Å². The second-order valence-electron chi connectivity index (χ2n) is 4.06. The molecule has 2 aromatic rings. The molecule has 0 aliphatic rings. The van der Waals surface area contributed by atoms with Crippen molar-refractivity contribution in [3.05, 3.63) is 46.3 Å². The second-order valence-corrected chi connectivity index (χ2v) is 5.79. The maximum absolute atomic E-state index is 12.0. The molecule has 21 heavy (non-hydrogen) atoms. The molecule has 0 fully saturated rings. The van der Waals surface area contributed by atoms with Gasteiger partial charge >= 0.3 is 11.6 Å². The summed E-state index contributed by atoms with van der Waals surface area (Å²) in [5, 5.41) is 0. The maximum Gasteiger partial charge on any atom is 0.352 e. The number of carbonyl (C=O) groups is 1. The summed E-state index contributed by atoms with van der Waals surface area (Å²) in [6, 6.07) is 9.35. The largest absolute Gasteiger partial charge is 0.465 e. The smallest absolute Gasteiger partial charge is 0.352 e. The highest BCUT2D eigenvalue weighted by atomic mass is 32.2. The molecule has 1 heterocycles. The van der Waals surface area contributed by atoms with Crippen LogP contribution in [0.15, 0.2) is 49.3 Å².